The Hall–Kier alpha value is -2.92. The summed E-state index contributed by atoms with van der Waals surface area (Å²) in [5.41, 5.74) is -4.30. The summed E-state index contributed by atoms with van der Waals surface area (Å²) in [4.78, 5) is 11.8. The van der Waals surface area contributed by atoms with E-state index in [1.54, 1.807) is 13.8 Å². The number of benzene rings is 2. The molecule has 2 aromatic carbocycles. The lowest BCUT2D eigenvalue weighted by Crippen LogP contribution is -2.22. The van der Waals surface area contributed by atoms with Crippen molar-refractivity contribution in [2.75, 3.05) is 6.61 Å². The number of carbonyl (C=O) groups is 1. The minimum atomic E-state index is -5.27. The van der Waals surface area contributed by atoms with E-state index in [4.69, 9.17) is 0 Å². The van der Waals surface area contributed by atoms with Gasteiger partial charge in [0.2, 0.25) is 0 Å². The van der Waals surface area contributed by atoms with Gasteiger partial charge in [0.25, 0.3) is 0 Å². The molecule has 0 amide bonds. The molecule has 0 fully saturated rings. The standard InChI is InChI=1S/C22H19F9O3/c1-11(2)7-16(19(32)33)13-8-15(12-3-5-14(6-4-12)21(26,27)28)18(22(29,30)31)17(9-13)34-10-20(23,24)25/h3-6,8-9,11,16H,7,10H2,1-2H3,(H,32,33)/t16-/m1/s1. The highest BCUT2D eigenvalue weighted by molar-refractivity contribution is 5.79. The van der Waals surface area contributed by atoms with Gasteiger partial charge in [-0.2, -0.15) is 39.5 Å². The van der Waals surface area contributed by atoms with Gasteiger partial charge in [0.1, 0.15) is 11.3 Å². The van der Waals surface area contributed by atoms with Crippen LogP contribution in [-0.2, 0) is 17.1 Å². The number of alkyl halides is 9. The summed E-state index contributed by atoms with van der Waals surface area (Å²) in [6.45, 7) is 1.18. The first kappa shape index (κ1) is 27.3. The lowest BCUT2D eigenvalue weighted by Gasteiger charge is -2.23. The van der Waals surface area contributed by atoms with Crippen LogP contribution in [0, 0.1) is 5.92 Å². The summed E-state index contributed by atoms with van der Waals surface area (Å²) in [5, 5.41) is 9.57. The van der Waals surface area contributed by atoms with Crippen LogP contribution < -0.4 is 4.74 Å². The molecule has 0 aliphatic carbocycles. The predicted octanol–water partition coefficient (Wildman–Crippen LogP) is 7.55. The Balaban J connectivity index is 2.82. The summed E-state index contributed by atoms with van der Waals surface area (Å²) < 4.78 is 123. The van der Waals surface area contributed by atoms with Gasteiger partial charge in [-0.3, -0.25) is 4.79 Å². The van der Waals surface area contributed by atoms with E-state index >= 15 is 0 Å². The summed E-state index contributed by atoms with van der Waals surface area (Å²) in [6, 6.07) is 3.88. The van der Waals surface area contributed by atoms with Crippen LogP contribution in [0.2, 0.25) is 0 Å². The largest absolute Gasteiger partial charge is 0.483 e. The number of carboxylic acid groups (broad SMARTS) is 1. The minimum absolute atomic E-state index is 0.0636. The molecule has 1 atom stereocenters. The SMILES string of the molecule is CC(C)C[C@@H](C(=O)O)c1cc(OCC(F)(F)F)c(C(F)(F)F)c(-c2ccc(C(F)(F)F)cc2)c1. The molecule has 0 saturated heterocycles. The van der Waals surface area contributed by atoms with E-state index in [-0.39, 0.29) is 17.9 Å². The predicted molar refractivity (Wildman–Crippen MR) is 103 cm³/mol. The van der Waals surface area contributed by atoms with E-state index in [1.165, 1.54) is 0 Å². The average Bonchev–Trinajstić information content (AvgIpc) is 2.67. The highest BCUT2D eigenvalue weighted by Gasteiger charge is 2.40. The molecule has 0 aliphatic rings. The lowest BCUT2D eigenvalue weighted by atomic mass is 9.86. The van der Waals surface area contributed by atoms with E-state index in [1.807, 2.05) is 0 Å². The zero-order valence-electron chi connectivity index (χ0n) is 17.7. The van der Waals surface area contributed by atoms with Crippen LogP contribution in [0.3, 0.4) is 0 Å². The zero-order valence-corrected chi connectivity index (χ0v) is 17.7. The molecule has 0 aliphatic heterocycles. The second-order valence-corrected chi connectivity index (χ2v) is 7.94. The number of hydrogen-bond acceptors (Lipinski definition) is 2. The Morgan fingerprint density at radius 3 is 1.88 bits per heavy atom. The fourth-order valence-corrected chi connectivity index (χ4v) is 3.32. The molecule has 3 nitrogen and oxygen atoms in total. The molecule has 0 saturated carbocycles. The molecule has 0 bridgehead atoms. The molecular weight excluding hydrogens is 483 g/mol. The molecular formula is C22H19F9O3. The third-order valence-corrected chi connectivity index (χ3v) is 4.73. The van der Waals surface area contributed by atoms with Crippen molar-refractivity contribution in [2.45, 2.75) is 44.7 Å². The van der Waals surface area contributed by atoms with Gasteiger partial charge in [0, 0.05) is 0 Å². The van der Waals surface area contributed by atoms with E-state index in [9.17, 15) is 49.4 Å². The van der Waals surface area contributed by atoms with Crippen molar-refractivity contribution < 1.29 is 54.2 Å². The smallest absolute Gasteiger partial charge is 0.422 e. The summed E-state index contributed by atoms with van der Waals surface area (Å²) in [5.74, 6) is -4.36. The maximum Gasteiger partial charge on any atom is 0.422 e. The molecule has 1 N–H and O–H groups in total. The first-order valence-corrected chi connectivity index (χ1v) is 9.75. The highest BCUT2D eigenvalue weighted by Crippen LogP contribution is 2.46. The van der Waals surface area contributed by atoms with Crippen LogP contribution >= 0.6 is 0 Å². The fourth-order valence-electron chi connectivity index (χ4n) is 3.32. The van der Waals surface area contributed by atoms with Crippen LogP contribution in [-0.4, -0.2) is 23.9 Å². The first-order chi connectivity index (χ1) is 15.4. The Kier molecular flexibility index (Phi) is 7.84. The number of ether oxygens (including phenoxy) is 1. The normalized spacial score (nSPS) is 13.8. The summed E-state index contributed by atoms with van der Waals surface area (Å²) >= 11 is 0. The third kappa shape index (κ3) is 7.04. The van der Waals surface area contributed by atoms with E-state index < -0.39 is 65.0 Å². The molecule has 188 valence electrons. The number of carboxylic acids is 1. The summed E-state index contributed by atoms with van der Waals surface area (Å²) in [7, 11) is 0. The zero-order chi connectivity index (χ0) is 26.1. The van der Waals surface area contributed by atoms with Crippen LogP contribution in [0.5, 0.6) is 5.75 Å². The van der Waals surface area contributed by atoms with Crippen molar-refractivity contribution >= 4 is 5.97 Å². The maximum atomic E-state index is 13.9. The second kappa shape index (κ2) is 9.75. The molecule has 34 heavy (non-hydrogen) atoms. The Labute approximate surface area is 188 Å². The van der Waals surface area contributed by atoms with Gasteiger partial charge in [0.15, 0.2) is 6.61 Å². The lowest BCUT2D eigenvalue weighted by molar-refractivity contribution is -0.158. The van der Waals surface area contributed by atoms with Crippen molar-refractivity contribution in [1.29, 1.82) is 0 Å². The van der Waals surface area contributed by atoms with Crippen molar-refractivity contribution in [3.63, 3.8) is 0 Å². The Bertz CT molecular complexity index is 1000. The molecule has 0 spiro atoms. The Morgan fingerprint density at radius 2 is 1.47 bits per heavy atom. The maximum absolute atomic E-state index is 13.9. The molecule has 0 aromatic heterocycles. The Morgan fingerprint density at radius 1 is 0.912 bits per heavy atom. The molecule has 2 aromatic rings. The highest BCUT2D eigenvalue weighted by atomic mass is 19.4. The molecule has 0 heterocycles. The molecule has 12 heteroatoms. The van der Waals surface area contributed by atoms with Crippen molar-refractivity contribution in [3.8, 4) is 16.9 Å². The van der Waals surface area contributed by atoms with Crippen LogP contribution in [0.15, 0.2) is 36.4 Å². The third-order valence-electron chi connectivity index (χ3n) is 4.73. The first-order valence-electron chi connectivity index (χ1n) is 9.75. The number of rotatable bonds is 7. The van der Waals surface area contributed by atoms with E-state index in [0.29, 0.717) is 18.2 Å². The minimum Gasteiger partial charge on any atom is -0.483 e. The number of halogens is 9. The average molecular weight is 502 g/mol. The van der Waals surface area contributed by atoms with Gasteiger partial charge in [0.05, 0.1) is 11.5 Å². The van der Waals surface area contributed by atoms with Crippen LogP contribution in [0.25, 0.3) is 11.1 Å². The van der Waals surface area contributed by atoms with Crippen molar-refractivity contribution in [3.05, 3.63) is 53.1 Å². The summed E-state index contributed by atoms with van der Waals surface area (Å²) in [6.07, 6.45) is -15.1. The van der Waals surface area contributed by atoms with Crippen LogP contribution in [0.1, 0.15) is 42.9 Å². The topological polar surface area (TPSA) is 46.5 Å². The van der Waals surface area contributed by atoms with Gasteiger partial charge < -0.3 is 9.84 Å². The number of aliphatic carboxylic acids is 1. The molecule has 0 radical (unpaired) electrons. The van der Waals surface area contributed by atoms with Crippen molar-refractivity contribution in [1.82, 2.24) is 0 Å². The molecule has 0 unspecified atom stereocenters. The van der Waals surface area contributed by atoms with Crippen LogP contribution in [0.4, 0.5) is 39.5 Å². The van der Waals surface area contributed by atoms with Gasteiger partial charge in [-0.25, -0.2) is 0 Å². The van der Waals surface area contributed by atoms with Gasteiger partial charge in [-0.1, -0.05) is 26.0 Å². The van der Waals surface area contributed by atoms with E-state index in [2.05, 4.69) is 4.74 Å². The van der Waals surface area contributed by atoms with Gasteiger partial charge in [-0.15, -0.1) is 0 Å². The van der Waals surface area contributed by atoms with E-state index in [0.717, 1.165) is 18.2 Å². The van der Waals surface area contributed by atoms with Crippen molar-refractivity contribution in [2.24, 2.45) is 5.92 Å². The monoisotopic (exact) mass is 502 g/mol. The number of hydrogen-bond donors (Lipinski definition) is 1. The molecule has 2 rings (SSSR count). The second-order valence-electron chi connectivity index (χ2n) is 7.94. The fraction of sp³-hybridized carbons (Fsp3) is 0.409. The quantitative estimate of drug-likeness (QED) is 0.398. The van der Waals surface area contributed by atoms with Gasteiger partial charge in [-0.05, 0) is 53.3 Å². The van der Waals surface area contributed by atoms with Gasteiger partial charge >= 0.3 is 24.5 Å².